The van der Waals surface area contributed by atoms with Crippen LogP contribution in [0.5, 0.6) is 5.75 Å². The number of carbonyl (C=O) groups excluding carboxylic acids is 1. The average Bonchev–Trinajstić information content (AvgIpc) is 2.70. The number of hydrogen-bond donors (Lipinski definition) is 1. The second-order valence-corrected chi connectivity index (χ2v) is 7.85. The summed E-state index contributed by atoms with van der Waals surface area (Å²) in [5.41, 5.74) is 1.94. The second-order valence-electron chi connectivity index (χ2n) is 6.22. The molecule has 0 radical (unpaired) electrons. The molecule has 1 unspecified atom stereocenters. The highest BCUT2D eigenvalue weighted by Gasteiger charge is 2.22. The summed E-state index contributed by atoms with van der Waals surface area (Å²) in [4.78, 5) is 17.5. The standard InChI is InChI=1S/C21H24ClN3O2S/c1-4-6-7-16-10-8-14(13-23)21(24-16)28-19(5-2)20(26)25-17-12-15(22)9-11-18(17)27-3/h8-12,19H,4-7H2,1-3H3,(H,25,26). The summed E-state index contributed by atoms with van der Waals surface area (Å²) >= 11 is 7.35. The van der Waals surface area contributed by atoms with Crippen molar-refractivity contribution in [2.75, 3.05) is 12.4 Å². The summed E-state index contributed by atoms with van der Waals surface area (Å²) in [5, 5.41) is 13.0. The molecule has 0 fully saturated rings. The molecule has 0 bridgehead atoms. The fourth-order valence-electron chi connectivity index (χ4n) is 2.60. The molecule has 0 saturated carbocycles. The van der Waals surface area contributed by atoms with Gasteiger partial charge in [0.15, 0.2) is 0 Å². The van der Waals surface area contributed by atoms with Crippen molar-refractivity contribution in [3.8, 4) is 11.8 Å². The molecule has 148 valence electrons. The number of benzene rings is 1. The largest absolute Gasteiger partial charge is 0.495 e. The van der Waals surface area contributed by atoms with E-state index in [0.29, 0.717) is 33.5 Å². The molecule has 0 saturated heterocycles. The van der Waals surface area contributed by atoms with Crippen LogP contribution in [0.1, 0.15) is 44.4 Å². The molecule has 1 heterocycles. The van der Waals surface area contributed by atoms with Crippen molar-refractivity contribution in [3.05, 3.63) is 46.6 Å². The summed E-state index contributed by atoms with van der Waals surface area (Å²) in [6.45, 7) is 4.06. The van der Waals surface area contributed by atoms with E-state index in [9.17, 15) is 10.1 Å². The molecular formula is C21H24ClN3O2S. The van der Waals surface area contributed by atoms with E-state index < -0.39 is 5.25 Å². The number of aryl methyl sites for hydroxylation is 1. The highest BCUT2D eigenvalue weighted by molar-refractivity contribution is 8.00. The summed E-state index contributed by atoms with van der Waals surface area (Å²) in [5.74, 6) is 0.354. The highest BCUT2D eigenvalue weighted by Crippen LogP contribution is 2.31. The third-order valence-electron chi connectivity index (χ3n) is 4.16. The van der Waals surface area contributed by atoms with Crippen molar-refractivity contribution < 1.29 is 9.53 Å². The van der Waals surface area contributed by atoms with Crippen molar-refractivity contribution in [2.45, 2.75) is 49.8 Å². The number of nitriles is 1. The van der Waals surface area contributed by atoms with Gasteiger partial charge < -0.3 is 10.1 Å². The molecule has 1 aromatic carbocycles. The Balaban J connectivity index is 2.20. The van der Waals surface area contributed by atoms with Crippen LogP contribution in [-0.2, 0) is 11.2 Å². The third-order valence-corrected chi connectivity index (χ3v) is 5.76. The molecule has 0 spiro atoms. The predicted octanol–water partition coefficient (Wildman–Crippen LogP) is 5.47. The van der Waals surface area contributed by atoms with Gasteiger partial charge in [0.25, 0.3) is 0 Å². The van der Waals surface area contributed by atoms with Crippen LogP contribution >= 0.6 is 23.4 Å². The van der Waals surface area contributed by atoms with Gasteiger partial charge in [-0.1, -0.05) is 43.6 Å². The predicted molar refractivity (Wildman–Crippen MR) is 114 cm³/mol. The van der Waals surface area contributed by atoms with Gasteiger partial charge in [-0.15, -0.1) is 0 Å². The van der Waals surface area contributed by atoms with Gasteiger partial charge in [0.05, 0.1) is 23.6 Å². The van der Waals surface area contributed by atoms with E-state index in [1.807, 2.05) is 13.0 Å². The number of halogens is 1. The van der Waals surface area contributed by atoms with E-state index in [1.165, 1.54) is 18.9 Å². The quantitative estimate of drug-likeness (QED) is 0.547. The molecule has 2 aromatic rings. The molecular weight excluding hydrogens is 394 g/mol. The molecule has 1 atom stereocenters. The van der Waals surface area contributed by atoms with E-state index in [0.717, 1.165) is 25.0 Å². The van der Waals surface area contributed by atoms with Gasteiger partial charge in [-0.25, -0.2) is 4.98 Å². The minimum Gasteiger partial charge on any atom is -0.495 e. The Labute approximate surface area is 175 Å². The maximum absolute atomic E-state index is 12.8. The Bertz CT molecular complexity index is 867. The van der Waals surface area contributed by atoms with Crippen molar-refractivity contribution >= 4 is 35.0 Å². The van der Waals surface area contributed by atoms with Gasteiger partial charge in [-0.05, 0) is 49.6 Å². The number of pyridine rings is 1. The second kappa shape index (κ2) is 10.9. The van der Waals surface area contributed by atoms with Gasteiger partial charge in [0.1, 0.15) is 16.8 Å². The number of methoxy groups -OCH3 is 1. The molecule has 1 amide bonds. The number of amides is 1. The fraction of sp³-hybridized carbons (Fsp3) is 0.381. The Morgan fingerprint density at radius 1 is 1.36 bits per heavy atom. The summed E-state index contributed by atoms with van der Waals surface area (Å²) in [6.07, 6.45) is 3.56. The van der Waals surface area contributed by atoms with Crippen molar-refractivity contribution in [1.29, 1.82) is 5.26 Å². The molecule has 0 aliphatic carbocycles. The number of ether oxygens (including phenoxy) is 1. The molecule has 7 heteroatoms. The lowest BCUT2D eigenvalue weighted by Gasteiger charge is -2.17. The Kier molecular flexibility index (Phi) is 8.62. The topological polar surface area (TPSA) is 75.0 Å². The zero-order valence-corrected chi connectivity index (χ0v) is 17.9. The molecule has 2 rings (SSSR count). The summed E-state index contributed by atoms with van der Waals surface area (Å²) in [6, 6.07) is 10.9. The van der Waals surface area contributed by atoms with Gasteiger partial charge >= 0.3 is 0 Å². The number of nitrogens with one attached hydrogen (secondary N) is 1. The molecule has 0 aliphatic heterocycles. The molecule has 1 N–H and O–H groups in total. The van der Waals surface area contributed by atoms with Crippen LogP contribution in [0.4, 0.5) is 5.69 Å². The van der Waals surface area contributed by atoms with Gasteiger partial charge in [-0.2, -0.15) is 5.26 Å². The zero-order chi connectivity index (χ0) is 20.5. The molecule has 28 heavy (non-hydrogen) atoms. The smallest absolute Gasteiger partial charge is 0.238 e. The maximum Gasteiger partial charge on any atom is 0.238 e. The first-order valence-corrected chi connectivity index (χ1v) is 10.5. The fourth-order valence-corrected chi connectivity index (χ4v) is 3.78. The SMILES string of the molecule is CCCCc1ccc(C#N)c(SC(CC)C(=O)Nc2cc(Cl)ccc2OC)n1. The lowest BCUT2D eigenvalue weighted by Crippen LogP contribution is -2.25. The monoisotopic (exact) mass is 417 g/mol. The Morgan fingerprint density at radius 2 is 2.14 bits per heavy atom. The first kappa shape index (κ1) is 22.1. The number of anilines is 1. The number of aromatic nitrogens is 1. The van der Waals surface area contributed by atoms with Crippen LogP contribution < -0.4 is 10.1 Å². The molecule has 0 aliphatic rings. The van der Waals surface area contributed by atoms with Gasteiger partial charge in [0, 0.05) is 10.7 Å². The lowest BCUT2D eigenvalue weighted by atomic mass is 10.2. The van der Waals surface area contributed by atoms with E-state index >= 15 is 0 Å². The number of thioether (sulfide) groups is 1. The normalized spacial score (nSPS) is 11.5. The van der Waals surface area contributed by atoms with E-state index in [2.05, 4.69) is 23.3 Å². The van der Waals surface area contributed by atoms with E-state index in [1.54, 1.807) is 24.3 Å². The first-order chi connectivity index (χ1) is 13.5. The van der Waals surface area contributed by atoms with Crippen molar-refractivity contribution in [2.24, 2.45) is 0 Å². The zero-order valence-electron chi connectivity index (χ0n) is 16.3. The number of nitrogens with zero attached hydrogens (tertiary/aromatic N) is 2. The Morgan fingerprint density at radius 3 is 2.79 bits per heavy atom. The number of hydrogen-bond acceptors (Lipinski definition) is 5. The van der Waals surface area contributed by atoms with Crippen LogP contribution in [0.3, 0.4) is 0 Å². The van der Waals surface area contributed by atoms with E-state index in [4.69, 9.17) is 16.3 Å². The van der Waals surface area contributed by atoms with Crippen LogP contribution in [0.25, 0.3) is 0 Å². The average molecular weight is 418 g/mol. The maximum atomic E-state index is 12.8. The minimum atomic E-state index is -0.398. The number of carbonyl (C=O) groups is 1. The van der Waals surface area contributed by atoms with E-state index in [-0.39, 0.29) is 5.91 Å². The van der Waals surface area contributed by atoms with Crippen LogP contribution in [0, 0.1) is 11.3 Å². The molecule has 1 aromatic heterocycles. The Hall–Kier alpha value is -2.23. The lowest BCUT2D eigenvalue weighted by molar-refractivity contribution is -0.115. The number of rotatable bonds is 9. The van der Waals surface area contributed by atoms with Gasteiger partial charge in [-0.3, -0.25) is 4.79 Å². The van der Waals surface area contributed by atoms with Gasteiger partial charge in [0.2, 0.25) is 5.91 Å². The first-order valence-electron chi connectivity index (χ1n) is 9.23. The summed E-state index contributed by atoms with van der Waals surface area (Å²) < 4.78 is 5.29. The molecule has 5 nitrogen and oxygen atoms in total. The van der Waals surface area contributed by atoms with Crippen LogP contribution in [0.2, 0.25) is 5.02 Å². The highest BCUT2D eigenvalue weighted by atomic mass is 35.5. The van der Waals surface area contributed by atoms with Crippen molar-refractivity contribution in [1.82, 2.24) is 4.98 Å². The van der Waals surface area contributed by atoms with Crippen LogP contribution in [-0.4, -0.2) is 23.3 Å². The van der Waals surface area contributed by atoms with Crippen molar-refractivity contribution in [3.63, 3.8) is 0 Å². The number of unbranched alkanes of at least 4 members (excludes halogenated alkanes) is 1. The van der Waals surface area contributed by atoms with Crippen LogP contribution in [0.15, 0.2) is 35.4 Å². The third kappa shape index (κ3) is 5.88. The minimum absolute atomic E-state index is 0.183. The summed E-state index contributed by atoms with van der Waals surface area (Å²) in [7, 11) is 1.54.